The lowest BCUT2D eigenvalue weighted by Gasteiger charge is -2.08. The Balaban J connectivity index is 1.79. The van der Waals surface area contributed by atoms with Gasteiger partial charge in [0.2, 0.25) is 0 Å². The summed E-state index contributed by atoms with van der Waals surface area (Å²) in [6.45, 7) is 2.42. The van der Waals surface area contributed by atoms with Crippen LogP contribution < -0.4 is 10.6 Å². The molecule has 1 aromatic carbocycles. The fourth-order valence-electron chi connectivity index (χ4n) is 1.74. The van der Waals surface area contributed by atoms with Crippen molar-refractivity contribution in [2.24, 2.45) is 0 Å². The number of nitrogens with zero attached hydrogens (tertiary/aromatic N) is 1. The van der Waals surface area contributed by atoms with Crippen molar-refractivity contribution in [3.05, 3.63) is 65.2 Å². The molecule has 0 bridgehead atoms. The average Bonchev–Trinajstić information content (AvgIpc) is 2.47. The number of urea groups is 1. The highest BCUT2D eigenvalue weighted by molar-refractivity contribution is 5.73. The Hall–Kier alpha value is -2.43. The van der Waals surface area contributed by atoms with Gasteiger partial charge in [0, 0.05) is 12.7 Å². The Morgan fingerprint density at radius 1 is 1.20 bits per heavy atom. The summed E-state index contributed by atoms with van der Waals surface area (Å²) in [6.07, 6.45) is 1.68. The largest absolute Gasteiger partial charge is 0.334 e. The zero-order chi connectivity index (χ0) is 14.4. The smallest absolute Gasteiger partial charge is 0.315 e. The number of aryl methyl sites for hydroxylation is 1. The fraction of sp³-hybridized carbons (Fsp3) is 0.200. The number of halogens is 1. The third-order valence-corrected chi connectivity index (χ3v) is 2.83. The van der Waals surface area contributed by atoms with Gasteiger partial charge in [0.1, 0.15) is 5.82 Å². The Morgan fingerprint density at radius 2 is 2.00 bits per heavy atom. The van der Waals surface area contributed by atoms with Crippen molar-refractivity contribution in [3.63, 3.8) is 0 Å². The molecule has 0 aliphatic rings. The van der Waals surface area contributed by atoms with Gasteiger partial charge in [-0.15, -0.1) is 0 Å². The molecule has 0 fully saturated rings. The number of amides is 2. The first-order valence-electron chi connectivity index (χ1n) is 6.32. The van der Waals surface area contributed by atoms with Crippen LogP contribution in [-0.2, 0) is 13.1 Å². The monoisotopic (exact) mass is 273 g/mol. The summed E-state index contributed by atoms with van der Waals surface area (Å²) >= 11 is 0. The molecule has 0 aliphatic carbocycles. The first-order chi connectivity index (χ1) is 9.65. The van der Waals surface area contributed by atoms with E-state index in [1.54, 1.807) is 25.3 Å². The van der Waals surface area contributed by atoms with Crippen molar-refractivity contribution in [3.8, 4) is 0 Å². The van der Waals surface area contributed by atoms with Crippen LogP contribution in [-0.4, -0.2) is 11.0 Å². The van der Waals surface area contributed by atoms with Gasteiger partial charge in [-0.1, -0.05) is 18.2 Å². The Kier molecular flexibility index (Phi) is 4.65. The molecule has 1 aromatic heterocycles. The van der Waals surface area contributed by atoms with E-state index in [0.29, 0.717) is 18.7 Å². The van der Waals surface area contributed by atoms with Crippen LogP contribution in [0, 0.1) is 12.7 Å². The number of pyridine rings is 1. The van der Waals surface area contributed by atoms with Crippen molar-refractivity contribution in [1.29, 1.82) is 0 Å². The van der Waals surface area contributed by atoms with E-state index >= 15 is 0 Å². The summed E-state index contributed by atoms with van der Waals surface area (Å²) in [4.78, 5) is 15.7. The van der Waals surface area contributed by atoms with Crippen molar-refractivity contribution >= 4 is 6.03 Å². The number of aromatic nitrogens is 1. The second kappa shape index (κ2) is 6.65. The molecule has 0 atom stereocenters. The maximum absolute atomic E-state index is 13.1. The molecular formula is C15H16FN3O. The van der Waals surface area contributed by atoms with Crippen LogP contribution in [0.4, 0.5) is 9.18 Å². The van der Waals surface area contributed by atoms with Gasteiger partial charge >= 0.3 is 6.03 Å². The number of hydrogen-bond acceptors (Lipinski definition) is 2. The molecule has 2 aromatic rings. The van der Waals surface area contributed by atoms with E-state index in [0.717, 1.165) is 11.3 Å². The van der Waals surface area contributed by atoms with E-state index < -0.39 is 0 Å². The number of carbonyl (C=O) groups excluding carboxylic acids is 1. The minimum atomic E-state index is -0.280. The zero-order valence-corrected chi connectivity index (χ0v) is 11.2. The van der Waals surface area contributed by atoms with Gasteiger partial charge in [-0.05, 0) is 36.2 Å². The van der Waals surface area contributed by atoms with E-state index in [4.69, 9.17) is 0 Å². The SMILES string of the molecule is Cc1cc(CNC(=O)NCc2ccccn2)ccc1F. The molecule has 2 rings (SSSR count). The van der Waals surface area contributed by atoms with Crippen molar-refractivity contribution in [1.82, 2.24) is 15.6 Å². The summed E-state index contributed by atoms with van der Waals surface area (Å²) in [5, 5.41) is 5.42. The van der Waals surface area contributed by atoms with Crippen molar-refractivity contribution in [2.45, 2.75) is 20.0 Å². The van der Waals surface area contributed by atoms with E-state index in [9.17, 15) is 9.18 Å². The zero-order valence-electron chi connectivity index (χ0n) is 11.2. The molecule has 4 nitrogen and oxygen atoms in total. The van der Waals surface area contributed by atoms with Crippen molar-refractivity contribution < 1.29 is 9.18 Å². The van der Waals surface area contributed by atoms with Crippen molar-refractivity contribution in [2.75, 3.05) is 0 Å². The van der Waals surface area contributed by atoms with Crippen LogP contribution in [0.25, 0.3) is 0 Å². The maximum atomic E-state index is 13.1. The molecule has 0 radical (unpaired) electrons. The first kappa shape index (κ1) is 14.0. The lowest BCUT2D eigenvalue weighted by Crippen LogP contribution is -2.34. The molecule has 5 heteroatoms. The minimum Gasteiger partial charge on any atom is -0.334 e. The van der Waals surface area contributed by atoms with Crippen LogP contribution in [0.15, 0.2) is 42.6 Å². The quantitative estimate of drug-likeness (QED) is 0.899. The summed E-state index contributed by atoms with van der Waals surface area (Å²) in [7, 11) is 0. The van der Waals surface area contributed by atoms with E-state index in [-0.39, 0.29) is 11.8 Å². The van der Waals surface area contributed by atoms with Crippen LogP contribution >= 0.6 is 0 Å². The first-order valence-corrected chi connectivity index (χ1v) is 6.32. The molecule has 0 saturated heterocycles. The van der Waals surface area contributed by atoms with Crippen LogP contribution in [0.3, 0.4) is 0 Å². The Morgan fingerprint density at radius 3 is 2.70 bits per heavy atom. The van der Waals surface area contributed by atoms with Gasteiger partial charge in [0.05, 0.1) is 12.2 Å². The normalized spacial score (nSPS) is 10.1. The number of hydrogen-bond donors (Lipinski definition) is 2. The number of benzene rings is 1. The third-order valence-electron chi connectivity index (χ3n) is 2.83. The highest BCUT2D eigenvalue weighted by Crippen LogP contribution is 2.08. The van der Waals surface area contributed by atoms with Crippen LogP contribution in [0.2, 0.25) is 0 Å². The molecule has 0 aliphatic heterocycles. The molecule has 0 unspecified atom stereocenters. The predicted molar refractivity (Wildman–Crippen MR) is 74.4 cm³/mol. The number of nitrogens with one attached hydrogen (secondary N) is 2. The van der Waals surface area contributed by atoms with Gasteiger partial charge < -0.3 is 10.6 Å². The third kappa shape index (κ3) is 4.05. The molecule has 0 spiro atoms. The molecule has 2 amide bonds. The highest BCUT2D eigenvalue weighted by atomic mass is 19.1. The second-order valence-corrected chi connectivity index (χ2v) is 4.44. The van der Waals surface area contributed by atoms with Gasteiger partial charge in [0.25, 0.3) is 0 Å². The molecule has 2 N–H and O–H groups in total. The highest BCUT2D eigenvalue weighted by Gasteiger charge is 2.03. The maximum Gasteiger partial charge on any atom is 0.315 e. The number of rotatable bonds is 4. The van der Waals surface area contributed by atoms with Gasteiger partial charge in [-0.25, -0.2) is 9.18 Å². The molecule has 20 heavy (non-hydrogen) atoms. The molecule has 1 heterocycles. The fourth-order valence-corrected chi connectivity index (χ4v) is 1.74. The summed E-state index contributed by atoms with van der Waals surface area (Å²) in [5.41, 5.74) is 2.22. The van der Waals surface area contributed by atoms with Gasteiger partial charge in [-0.3, -0.25) is 4.98 Å². The topological polar surface area (TPSA) is 54.0 Å². The lowest BCUT2D eigenvalue weighted by atomic mass is 10.1. The summed E-state index contributed by atoms with van der Waals surface area (Å²) in [5.74, 6) is -0.242. The molecule has 0 saturated carbocycles. The standard InChI is InChI=1S/C15H16FN3O/c1-11-8-12(5-6-14(11)16)9-18-15(20)19-10-13-4-2-3-7-17-13/h2-8H,9-10H2,1H3,(H2,18,19,20). The molecular weight excluding hydrogens is 257 g/mol. The Labute approximate surface area is 117 Å². The average molecular weight is 273 g/mol. The van der Waals surface area contributed by atoms with Gasteiger partial charge in [0.15, 0.2) is 0 Å². The lowest BCUT2D eigenvalue weighted by molar-refractivity contribution is 0.240. The minimum absolute atomic E-state index is 0.242. The number of carbonyl (C=O) groups is 1. The Bertz CT molecular complexity index is 587. The van der Waals surface area contributed by atoms with E-state index in [1.165, 1.54) is 6.07 Å². The second-order valence-electron chi connectivity index (χ2n) is 4.44. The summed E-state index contributed by atoms with van der Waals surface area (Å²) < 4.78 is 13.1. The van der Waals surface area contributed by atoms with Gasteiger partial charge in [-0.2, -0.15) is 0 Å². The molecule has 104 valence electrons. The summed E-state index contributed by atoms with van der Waals surface area (Å²) in [6, 6.07) is 10.0. The van der Waals surface area contributed by atoms with Crippen LogP contribution in [0.1, 0.15) is 16.8 Å². The predicted octanol–water partition coefficient (Wildman–Crippen LogP) is 2.53. The van der Waals surface area contributed by atoms with E-state index in [1.807, 2.05) is 18.2 Å². The van der Waals surface area contributed by atoms with E-state index in [2.05, 4.69) is 15.6 Å². The van der Waals surface area contributed by atoms with Crippen LogP contribution in [0.5, 0.6) is 0 Å².